The first-order valence-electron chi connectivity index (χ1n) is 10.7. The van der Waals surface area contributed by atoms with Gasteiger partial charge < -0.3 is 19.7 Å². The Hall–Kier alpha value is -3.52. The molecular weight excluding hydrogens is 408 g/mol. The van der Waals surface area contributed by atoms with E-state index in [1.807, 2.05) is 18.2 Å². The van der Waals surface area contributed by atoms with E-state index in [1.165, 1.54) is 6.33 Å². The fraction of sp³-hybridized carbons (Fsp3) is 0.333. The number of hydrogen-bond acceptors (Lipinski definition) is 6. The van der Waals surface area contributed by atoms with E-state index in [2.05, 4.69) is 15.3 Å². The first-order chi connectivity index (χ1) is 15.6. The van der Waals surface area contributed by atoms with Gasteiger partial charge in [-0.3, -0.25) is 4.79 Å². The molecule has 3 aromatic rings. The molecule has 2 N–H and O–H groups in total. The normalized spacial score (nSPS) is 15.8. The van der Waals surface area contributed by atoms with Crippen LogP contribution in [0, 0.1) is 5.92 Å². The summed E-state index contributed by atoms with van der Waals surface area (Å²) < 4.78 is 7.25. The van der Waals surface area contributed by atoms with E-state index in [1.54, 1.807) is 47.4 Å². The van der Waals surface area contributed by atoms with Gasteiger partial charge in [0.1, 0.15) is 25.3 Å². The van der Waals surface area contributed by atoms with Gasteiger partial charge in [0.2, 0.25) is 5.91 Å². The molecule has 1 amide bonds. The van der Waals surface area contributed by atoms with Gasteiger partial charge in [0.05, 0.1) is 0 Å². The lowest BCUT2D eigenvalue weighted by Crippen LogP contribution is -2.43. The molecule has 2 heterocycles. The number of nitrogens with one attached hydrogen (secondary N) is 1. The SMILES string of the molecule is O=C(Cn1ccc(COC(=O)C(O)(c2ccccc2)C2CCCC2)c1)Nc1ccncn1. The zero-order valence-corrected chi connectivity index (χ0v) is 17.7. The van der Waals surface area contributed by atoms with Crippen molar-refractivity contribution in [1.82, 2.24) is 14.5 Å². The van der Waals surface area contributed by atoms with E-state index in [9.17, 15) is 14.7 Å². The van der Waals surface area contributed by atoms with Gasteiger partial charge in [-0.15, -0.1) is 0 Å². The zero-order valence-electron chi connectivity index (χ0n) is 17.7. The molecule has 1 aliphatic rings. The molecule has 1 aromatic carbocycles. The van der Waals surface area contributed by atoms with Crippen LogP contribution in [-0.2, 0) is 33.1 Å². The van der Waals surface area contributed by atoms with Gasteiger partial charge in [0.25, 0.3) is 0 Å². The molecular formula is C24H26N4O4. The number of aromatic nitrogens is 3. The predicted molar refractivity (Wildman–Crippen MR) is 117 cm³/mol. The van der Waals surface area contributed by atoms with Crippen LogP contribution in [-0.4, -0.2) is 31.5 Å². The molecule has 1 saturated carbocycles. The van der Waals surface area contributed by atoms with Gasteiger partial charge in [-0.05, 0) is 30.5 Å². The van der Waals surface area contributed by atoms with Crippen molar-refractivity contribution >= 4 is 17.7 Å². The number of carbonyl (C=O) groups excluding carboxylic acids is 2. The Kier molecular flexibility index (Phi) is 6.61. The van der Waals surface area contributed by atoms with Gasteiger partial charge in [0.15, 0.2) is 5.60 Å². The van der Waals surface area contributed by atoms with Crippen LogP contribution in [0.3, 0.4) is 0 Å². The van der Waals surface area contributed by atoms with Gasteiger partial charge in [-0.25, -0.2) is 14.8 Å². The van der Waals surface area contributed by atoms with E-state index in [4.69, 9.17) is 4.74 Å². The highest BCUT2D eigenvalue weighted by atomic mass is 16.5. The Morgan fingerprint density at radius 2 is 1.94 bits per heavy atom. The molecule has 0 bridgehead atoms. The highest BCUT2D eigenvalue weighted by Gasteiger charge is 2.47. The summed E-state index contributed by atoms with van der Waals surface area (Å²) in [4.78, 5) is 33.0. The first kappa shape index (κ1) is 21.7. The van der Waals surface area contributed by atoms with E-state index in [-0.39, 0.29) is 25.0 Å². The minimum Gasteiger partial charge on any atom is -0.458 e. The molecule has 1 atom stereocenters. The lowest BCUT2D eigenvalue weighted by Gasteiger charge is -2.32. The Balaban J connectivity index is 1.38. The lowest BCUT2D eigenvalue weighted by molar-refractivity contribution is -0.175. The number of ether oxygens (including phenoxy) is 1. The van der Waals surface area contributed by atoms with Gasteiger partial charge in [-0.2, -0.15) is 0 Å². The number of esters is 1. The average Bonchev–Trinajstić information content (AvgIpc) is 3.51. The number of anilines is 1. The molecule has 0 saturated heterocycles. The highest BCUT2D eigenvalue weighted by Crippen LogP contribution is 2.41. The van der Waals surface area contributed by atoms with Crippen LogP contribution in [0.25, 0.3) is 0 Å². The summed E-state index contributed by atoms with van der Waals surface area (Å²) in [6.45, 7) is 0.106. The summed E-state index contributed by atoms with van der Waals surface area (Å²) >= 11 is 0. The number of aliphatic hydroxyl groups is 1. The maximum atomic E-state index is 13.1. The van der Waals surface area contributed by atoms with Crippen molar-refractivity contribution in [1.29, 1.82) is 0 Å². The van der Waals surface area contributed by atoms with Crippen molar-refractivity contribution in [3.05, 3.63) is 78.5 Å². The quantitative estimate of drug-likeness (QED) is 0.528. The first-order valence-corrected chi connectivity index (χ1v) is 10.7. The van der Waals surface area contributed by atoms with Crippen molar-refractivity contribution in [3.8, 4) is 0 Å². The van der Waals surface area contributed by atoms with Gasteiger partial charge >= 0.3 is 5.97 Å². The summed E-state index contributed by atoms with van der Waals surface area (Å²) in [5.41, 5.74) is -0.358. The predicted octanol–water partition coefficient (Wildman–Crippen LogP) is 3.04. The van der Waals surface area contributed by atoms with Crippen molar-refractivity contribution in [2.75, 3.05) is 5.32 Å². The van der Waals surface area contributed by atoms with E-state index in [0.717, 1.165) is 31.2 Å². The minimum absolute atomic E-state index is 0.0151. The molecule has 2 aromatic heterocycles. The second-order valence-electron chi connectivity index (χ2n) is 8.02. The second kappa shape index (κ2) is 9.74. The molecule has 1 fully saturated rings. The highest BCUT2D eigenvalue weighted by molar-refractivity contribution is 5.89. The van der Waals surface area contributed by atoms with Crippen LogP contribution < -0.4 is 5.32 Å². The smallest absolute Gasteiger partial charge is 0.343 e. The minimum atomic E-state index is -1.66. The largest absolute Gasteiger partial charge is 0.458 e. The van der Waals surface area contributed by atoms with Crippen molar-refractivity contribution in [2.24, 2.45) is 5.92 Å². The Bertz CT molecular complexity index is 1050. The maximum Gasteiger partial charge on any atom is 0.343 e. The van der Waals surface area contributed by atoms with Crippen molar-refractivity contribution < 1.29 is 19.4 Å². The molecule has 1 aliphatic carbocycles. The third kappa shape index (κ3) is 4.86. The molecule has 32 heavy (non-hydrogen) atoms. The third-order valence-corrected chi connectivity index (χ3v) is 5.83. The van der Waals surface area contributed by atoms with Crippen LogP contribution in [0.15, 0.2) is 67.4 Å². The molecule has 0 radical (unpaired) electrons. The molecule has 8 heteroatoms. The van der Waals surface area contributed by atoms with Gasteiger partial charge in [0, 0.05) is 30.1 Å². The van der Waals surface area contributed by atoms with Gasteiger partial charge in [-0.1, -0.05) is 43.2 Å². The standard InChI is InChI=1S/C24H26N4O4/c29-22(27-21-10-12-25-17-26-21)15-28-13-11-18(14-28)16-32-23(30)24(31,20-8-4-5-9-20)19-6-2-1-3-7-19/h1-3,6-7,10-14,17,20,31H,4-5,8-9,15-16H2,(H,25,26,27,29). The summed E-state index contributed by atoms with van der Waals surface area (Å²) in [5, 5.41) is 14.1. The summed E-state index contributed by atoms with van der Waals surface area (Å²) in [6.07, 6.45) is 9.95. The summed E-state index contributed by atoms with van der Waals surface area (Å²) in [6, 6.07) is 12.4. The number of benzene rings is 1. The number of carbonyl (C=O) groups is 2. The fourth-order valence-electron chi connectivity index (χ4n) is 4.20. The molecule has 166 valence electrons. The summed E-state index contributed by atoms with van der Waals surface area (Å²) in [7, 11) is 0. The molecule has 4 rings (SSSR count). The maximum absolute atomic E-state index is 13.1. The molecule has 0 spiro atoms. The Morgan fingerprint density at radius 3 is 2.66 bits per heavy atom. The molecule has 0 aliphatic heterocycles. The molecule has 8 nitrogen and oxygen atoms in total. The van der Waals surface area contributed by atoms with Crippen LogP contribution in [0.2, 0.25) is 0 Å². The fourth-order valence-corrected chi connectivity index (χ4v) is 4.20. The lowest BCUT2D eigenvalue weighted by atomic mass is 9.80. The van der Waals surface area contributed by atoms with E-state index >= 15 is 0 Å². The molecule has 1 unspecified atom stereocenters. The van der Waals surface area contributed by atoms with E-state index < -0.39 is 11.6 Å². The van der Waals surface area contributed by atoms with Crippen LogP contribution in [0.4, 0.5) is 5.82 Å². The zero-order chi connectivity index (χ0) is 22.4. The number of amides is 1. The van der Waals surface area contributed by atoms with Crippen LogP contribution in [0.5, 0.6) is 0 Å². The van der Waals surface area contributed by atoms with Crippen LogP contribution >= 0.6 is 0 Å². The number of rotatable bonds is 8. The van der Waals surface area contributed by atoms with Crippen molar-refractivity contribution in [2.45, 2.75) is 44.4 Å². The van der Waals surface area contributed by atoms with Crippen molar-refractivity contribution in [3.63, 3.8) is 0 Å². The van der Waals surface area contributed by atoms with E-state index in [0.29, 0.717) is 11.4 Å². The third-order valence-electron chi connectivity index (χ3n) is 5.83. The Morgan fingerprint density at radius 1 is 1.16 bits per heavy atom. The average molecular weight is 434 g/mol. The monoisotopic (exact) mass is 434 g/mol. The Labute approximate surface area is 186 Å². The van der Waals surface area contributed by atoms with Crippen LogP contribution in [0.1, 0.15) is 36.8 Å². The number of nitrogens with zero attached hydrogens (tertiary/aromatic N) is 3. The second-order valence-corrected chi connectivity index (χ2v) is 8.02. The summed E-state index contributed by atoms with van der Waals surface area (Å²) in [5.74, 6) is -0.599. The topological polar surface area (TPSA) is 106 Å². The number of hydrogen-bond donors (Lipinski definition) is 2.